The molecule has 1 aromatic heterocycles. The van der Waals surface area contributed by atoms with Gasteiger partial charge in [-0.3, -0.25) is 0 Å². The molecule has 0 aliphatic rings. The van der Waals surface area contributed by atoms with Gasteiger partial charge in [-0.25, -0.2) is 0 Å². The third-order valence-electron chi connectivity index (χ3n) is 2.02. The van der Waals surface area contributed by atoms with Gasteiger partial charge in [-0.2, -0.15) is 0 Å². The van der Waals surface area contributed by atoms with Gasteiger partial charge < -0.3 is 4.98 Å². The van der Waals surface area contributed by atoms with Crippen LogP contribution in [-0.4, -0.2) is 4.98 Å². The summed E-state index contributed by atoms with van der Waals surface area (Å²) in [6.45, 7) is 0. The Hall–Kier alpha value is -1.50. The number of H-pyrrole nitrogens is 1. The van der Waals surface area contributed by atoms with E-state index in [1.54, 1.807) is 0 Å². The van der Waals surface area contributed by atoms with Crippen LogP contribution in [0.5, 0.6) is 0 Å². The molecule has 0 saturated heterocycles. The molecule has 0 spiro atoms. The lowest BCUT2D eigenvalue weighted by atomic mass is 10.1. The number of hydrogen-bond donors (Lipinski definition) is 1. The molecule has 0 bridgehead atoms. The van der Waals surface area contributed by atoms with Crippen LogP contribution in [0, 0.1) is 6.42 Å². The second-order valence-corrected chi connectivity index (χ2v) is 3.02. The van der Waals surface area contributed by atoms with Gasteiger partial charge >= 0.3 is 0 Å². The Morgan fingerprint density at radius 2 is 1.85 bits per heavy atom. The monoisotopic (exact) mass is 170 g/mol. The van der Waals surface area contributed by atoms with E-state index >= 15 is 0 Å². The van der Waals surface area contributed by atoms with E-state index in [1.807, 2.05) is 18.3 Å². The third-order valence-corrected chi connectivity index (χ3v) is 2.02. The van der Waals surface area contributed by atoms with E-state index in [9.17, 15) is 0 Å². The highest BCUT2D eigenvalue weighted by Crippen LogP contribution is 2.06. The molecule has 2 aromatic rings. The lowest BCUT2D eigenvalue weighted by Crippen LogP contribution is -1.87. The first-order valence-corrected chi connectivity index (χ1v) is 4.46. The summed E-state index contributed by atoms with van der Waals surface area (Å²) in [5, 5.41) is 0. The molecule has 13 heavy (non-hydrogen) atoms. The number of aromatic amines is 1. The van der Waals surface area contributed by atoms with Crippen LogP contribution in [0.2, 0.25) is 0 Å². The molecule has 0 fully saturated rings. The van der Waals surface area contributed by atoms with E-state index in [-0.39, 0.29) is 0 Å². The lowest BCUT2D eigenvalue weighted by molar-refractivity contribution is 1.12. The molecular weight excluding hydrogens is 158 g/mol. The average molecular weight is 170 g/mol. The molecule has 0 aliphatic carbocycles. The molecule has 65 valence electrons. The van der Waals surface area contributed by atoms with Crippen LogP contribution in [0.25, 0.3) is 0 Å². The zero-order valence-electron chi connectivity index (χ0n) is 7.40. The highest BCUT2D eigenvalue weighted by molar-refractivity contribution is 5.22. The first-order chi connectivity index (χ1) is 6.45. The fraction of sp³-hybridized carbons (Fsp3) is 0.0833. The summed E-state index contributed by atoms with van der Waals surface area (Å²) >= 11 is 0. The summed E-state index contributed by atoms with van der Waals surface area (Å²) in [5.41, 5.74) is 2.53. The molecule has 0 amide bonds. The normalized spacial score (nSPS) is 10.2. The Balaban J connectivity index is 1.94. The molecule has 0 atom stereocenters. The largest absolute Gasteiger partial charge is 0.365 e. The van der Waals surface area contributed by atoms with Gasteiger partial charge in [0.15, 0.2) is 0 Å². The second-order valence-electron chi connectivity index (χ2n) is 3.02. The van der Waals surface area contributed by atoms with Crippen molar-refractivity contribution in [3.63, 3.8) is 0 Å². The van der Waals surface area contributed by atoms with Gasteiger partial charge in [-0.05, 0) is 24.1 Å². The van der Waals surface area contributed by atoms with Crippen LogP contribution in [0.1, 0.15) is 11.3 Å². The van der Waals surface area contributed by atoms with Crippen LogP contribution < -0.4 is 0 Å². The van der Waals surface area contributed by atoms with Crippen LogP contribution in [-0.2, 0) is 6.42 Å². The number of hydrogen-bond acceptors (Lipinski definition) is 0. The summed E-state index contributed by atoms with van der Waals surface area (Å²) in [7, 11) is 0. The summed E-state index contributed by atoms with van der Waals surface area (Å²) in [5.74, 6) is 0. The molecular formula is C12H12N. The summed E-state index contributed by atoms with van der Waals surface area (Å²) < 4.78 is 0. The highest BCUT2D eigenvalue weighted by Gasteiger charge is 1.94. The molecule has 0 saturated carbocycles. The zero-order valence-corrected chi connectivity index (χ0v) is 7.40. The maximum absolute atomic E-state index is 3.15. The molecule has 1 heterocycles. The van der Waals surface area contributed by atoms with Gasteiger partial charge in [-0.15, -0.1) is 0 Å². The van der Waals surface area contributed by atoms with Crippen molar-refractivity contribution < 1.29 is 0 Å². The minimum absolute atomic E-state index is 0.987. The van der Waals surface area contributed by atoms with Crippen molar-refractivity contribution in [1.82, 2.24) is 4.98 Å². The minimum atomic E-state index is 0.987. The zero-order chi connectivity index (χ0) is 8.93. The SMILES string of the molecule is [CH](Cc1ccccc1)c1ccc[nH]1. The molecule has 1 N–H and O–H groups in total. The van der Waals surface area contributed by atoms with Gasteiger partial charge in [0, 0.05) is 18.3 Å². The van der Waals surface area contributed by atoms with Crippen molar-refractivity contribution in [1.29, 1.82) is 0 Å². The van der Waals surface area contributed by atoms with Crippen LogP contribution >= 0.6 is 0 Å². The fourth-order valence-corrected chi connectivity index (χ4v) is 1.31. The van der Waals surface area contributed by atoms with Gasteiger partial charge in [0.2, 0.25) is 0 Å². The molecule has 1 radical (unpaired) electrons. The van der Waals surface area contributed by atoms with Crippen LogP contribution in [0.4, 0.5) is 0 Å². The van der Waals surface area contributed by atoms with Gasteiger partial charge in [0.05, 0.1) is 0 Å². The molecule has 1 nitrogen and oxygen atoms in total. The summed E-state index contributed by atoms with van der Waals surface area (Å²) in [6.07, 6.45) is 5.12. The fourth-order valence-electron chi connectivity index (χ4n) is 1.31. The van der Waals surface area contributed by atoms with Crippen molar-refractivity contribution in [3.05, 3.63) is 66.3 Å². The molecule has 2 rings (SSSR count). The smallest absolute Gasteiger partial charge is 0.0188 e. The number of benzene rings is 1. The lowest BCUT2D eigenvalue weighted by Gasteiger charge is -1.98. The van der Waals surface area contributed by atoms with Crippen molar-refractivity contribution in [2.45, 2.75) is 6.42 Å². The van der Waals surface area contributed by atoms with E-state index in [0.717, 1.165) is 6.42 Å². The third kappa shape index (κ3) is 2.22. The van der Waals surface area contributed by atoms with Crippen molar-refractivity contribution in [3.8, 4) is 0 Å². The maximum Gasteiger partial charge on any atom is 0.0188 e. The Morgan fingerprint density at radius 3 is 2.54 bits per heavy atom. The van der Waals surface area contributed by atoms with E-state index in [0.29, 0.717) is 0 Å². The summed E-state index contributed by atoms with van der Waals surface area (Å²) in [6, 6.07) is 14.5. The molecule has 1 heteroatoms. The average Bonchev–Trinajstić information content (AvgIpc) is 2.69. The van der Waals surface area contributed by atoms with Gasteiger partial charge in [0.25, 0.3) is 0 Å². The van der Waals surface area contributed by atoms with Gasteiger partial charge in [0.1, 0.15) is 0 Å². The molecule has 0 unspecified atom stereocenters. The first-order valence-electron chi connectivity index (χ1n) is 4.46. The number of nitrogens with one attached hydrogen (secondary N) is 1. The Morgan fingerprint density at radius 1 is 1.00 bits per heavy atom. The minimum Gasteiger partial charge on any atom is -0.365 e. The standard InChI is InChI=1S/C12H12N/c1-2-5-11(6-3-1)8-9-12-7-4-10-13-12/h1-7,9-10,13H,8H2. The molecule has 1 aromatic carbocycles. The number of aromatic nitrogens is 1. The first kappa shape index (κ1) is 8.11. The predicted molar refractivity (Wildman–Crippen MR) is 54.3 cm³/mol. The molecule has 0 aliphatic heterocycles. The predicted octanol–water partition coefficient (Wildman–Crippen LogP) is 2.81. The van der Waals surface area contributed by atoms with Crippen LogP contribution in [0.15, 0.2) is 48.7 Å². The van der Waals surface area contributed by atoms with Gasteiger partial charge in [-0.1, -0.05) is 30.3 Å². The quantitative estimate of drug-likeness (QED) is 0.729. The Labute approximate surface area is 78.4 Å². The van der Waals surface area contributed by atoms with Crippen molar-refractivity contribution in [2.24, 2.45) is 0 Å². The highest BCUT2D eigenvalue weighted by atomic mass is 14.7. The van der Waals surface area contributed by atoms with Crippen molar-refractivity contribution in [2.75, 3.05) is 0 Å². The second kappa shape index (κ2) is 3.94. The Bertz CT molecular complexity index is 335. The van der Waals surface area contributed by atoms with E-state index in [4.69, 9.17) is 0 Å². The van der Waals surface area contributed by atoms with E-state index in [2.05, 4.69) is 41.7 Å². The van der Waals surface area contributed by atoms with E-state index in [1.165, 1.54) is 11.3 Å². The van der Waals surface area contributed by atoms with Crippen molar-refractivity contribution >= 4 is 0 Å². The Kier molecular flexibility index (Phi) is 2.46. The topological polar surface area (TPSA) is 15.8 Å². The van der Waals surface area contributed by atoms with Crippen LogP contribution in [0.3, 0.4) is 0 Å². The maximum atomic E-state index is 3.15. The van der Waals surface area contributed by atoms with E-state index < -0.39 is 0 Å². The summed E-state index contributed by atoms with van der Waals surface area (Å²) in [4.78, 5) is 3.15. The number of rotatable bonds is 3.